The Labute approximate surface area is 112 Å². The topological polar surface area (TPSA) is 0 Å². The number of rotatable bonds is 1. The molecule has 0 saturated heterocycles. The summed E-state index contributed by atoms with van der Waals surface area (Å²) in [6, 6.07) is 13.4. The predicted molar refractivity (Wildman–Crippen MR) is 82.2 cm³/mol. The fourth-order valence-corrected chi connectivity index (χ4v) is 2.27. The molecule has 2 rings (SSSR count). The summed E-state index contributed by atoms with van der Waals surface area (Å²) in [6.07, 6.45) is 0. The first-order chi connectivity index (χ1) is 8.56. The second kappa shape index (κ2) is 6.39. The van der Waals surface area contributed by atoms with E-state index in [1.54, 1.807) is 0 Å². The monoisotopic (exact) mass is 240 g/mol. The number of hydrogen-bond acceptors (Lipinski definition) is 0. The van der Waals surface area contributed by atoms with Crippen molar-refractivity contribution in [3.63, 3.8) is 0 Å². The quantitative estimate of drug-likeness (QED) is 0.607. The minimum absolute atomic E-state index is 1.32. The van der Waals surface area contributed by atoms with Crippen molar-refractivity contribution in [2.24, 2.45) is 0 Å². The van der Waals surface area contributed by atoms with Crippen molar-refractivity contribution in [1.82, 2.24) is 0 Å². The Kier molecular flexibility index (Phi) is 5.15. The molecule has 0 spiro atoms. The van der Waals surface area contributed by atoms with Crippen LogP contribution in [-0.2, 0) is 0 Å². The van der Waals surface area contributed by atoms with Gasteiger partial charge in [-0.15, -0.1) is 0 Å². The van der Waals surface area contributed by atoms with Gasteiger partial charge in [-0.2, -0.15) is 0 Å². The lowest BCUT2D eigenvalue weighted by molar-refractivity contribution is 1.35. The smallest absolute Gasteiger partial charge is 0.0154 e. The number of aryl methyl sites for hydroxylation is 4. The van der Waals surface area contributed by atoms with Crippen molar-refractivity contribution in [3.05, 3.63) is 58.7 Å². The zero-order valence-electron chi connectivity index (χ0n) is 12.5. The van der Waals surface area contributed by atoms with E-state index in [4.69, 9.17) is 0 Å². The Hall–Kier alpha value is -1.56. The molecule has 0 aliphatic rings. The summed E-state index contributed by atoms with van der Waals surface area (Å²) in [4.78, 5) is 0. The third-order valence-corrected chi connectivity index (χ3v) is 2.91. The normalized spacial score (nSPS) is 9.67. The largest absolute Gasteiger partial charge is 0.0683 e. The molecule has 96 valence electrons. The maximum Gasteiger partial charge on any atom is -0.0154 e. The molecule has 0 heteroatoms. The van der Waals surface area contributed by atoms with Crippen LogP contribution in [-0.4, -0.2) is 0 Å². The van der Waals surface area contributed by atoms with Crippen LogP contribution >= 0.6 is 0 Å². The van der Waals surface area contributed by atoms with Crippen LogP contribution in [0, 0.1) is 27.7 Å². The van der Waals surface area contributed by atoms with E-state index < -0.39 is 0 Å². The van der Waals surface area contributed by atoms with Gasteiger partial charge in [-0.25, -0.2) is 0 Å². The SMILES string of the molecule is CC.Cc1cc(C)cc(-c2ccc(C)cc2C)c1. The number of hydrogen-bond donors (Lipinski definition) is 0. The van der Waals surface area contributed by atoms with Gasteiger partial charge in [-0.05, 0) is 44.4 Å². The highest BCUT2D eigenvalue weighted by Gasteiger charge is 2.03. The highest BCUT2D eigenvalue weighted by molar-refractivity contribution is 5.68. The maximum absolute atomic E-state index is 2.25. The Bertz CT molecular complexity index is 501. The van der Waals surface area contributed by atoms with Gasteiger partial charge < -0.3 is 0 Å². The molecule has 0 N–H and O–H groups in total. The van der Waals surface area contributed by atoms with Crippen molar-refractivity contribution >= 4 is 0 Å². The van der Waals surface area contributed by atoms with E-state index in [-0.39, 0.29) is 0 Å². The number of benzene rings is 2. The van der Waals surface area contributed by atoms with Crippen LogP contribution in [0.2, 0.25) is 0 Å². The molecule has 0 atom stereocenters. The predicted octanol–water partition coefficient (Wildman–Crippen LogP) is 5.61. The van der Waals surface area contributed by atoms with Crippen molar-refractivity contribution in [1.29, 1.82) is 0 Å². The summed E-state index contributed by atoms with van der Waals surface area (Å²) in [7, 11) is 0. The molecule has 0 nitrogen and oxygen atoms in total. The first-order valence-corrected chi connectivity index (χ1v) is 6.72. The Morgan fingerprint density at radius 1 is 0.611 bits per heavy atom. The second-order valence-electron chi connectivity index (χ2n) is 4.69. The van der Waals surface area contributed by atoms with Crippen LogP contribution in [0.5, 0.6) is 0 Å². The molecular weight excluding hydrogens is 216 g/mol. The standard InChI is InChI=1S/C16H18.C2H6/c1-11-5-6-16(14(4)8-11)15-9-12(2)7-13(3)10-15;1-2/h5-10H,1-4H3;1-2H3. The highest BCUT2D eigenvalue weighted by Crippen LogP contribution is 2.26. The van der Waals surface area contributed by atoms with E-state index in [1.165, 1.54) is 33.4 Å². The van der Waals surface area contributed by atoms with Gasteiger partial charge in [-0.3, -0.25) is 0 Å². The van der Waals surface area contributed by atoms with Gasteiger partial charge in [0.15, 0.2) is 0 Å². The van der Waals surface area contributed by atoms with Gasteiger partial charge in [0.25, 0.3) is 0 Å². The average Bonchev–Trinajstić information content (AvgIpc) is 2.30. The minimum Gasteiger partial charge on any atom is -0.0683 e. The summed E-state index contributed by atoms with van der Waals surface area (Å²) in [5.74, 6) is 0. The maximum atomic E-state index is 2.25. The summed E-state index contributed by atoms with van der Waals surface area (Å²) >= 11 is 0. The fourth-order valence-electron chi connectivity index (χ4n) is 2.27. The molecule has 0 unspecified atom stereocenters. The van der Waals surface area contributed by atoms with E-state index in [2.05, 4.69) is 64.1 Å². The molecule has 0 amide bonds. The Balaban J connectivity index is 0.000000771. The molecule has 0 aliphatic carbocycles. The van der Waals surface area contributed by atoms with E-state index in [9.17, 15) is 0 Å². The van der Waals surface area contributed by atoms with Crippen LogP contribution < -0.4 is 0 Å². The zero-order chi connectivity index (χ0) is 13.7. The van der Waals surface area contributed by atoms with Gasteiger partial charge in [0.05, 0.1) is 0 Å². The first kappa shape index (κ1) is 14.5. The minimum atomic E-state index is 1.32. The summed E-state index contributed by atoms with van der Waals surface area (Å²) in [5, 5.41) is 0. The molecular formula is C18H24. The van der Waals surface area contributed by atoms with Crippen molar-refractivity contribution in [2.45, 2.75) is 41.5 Å². The molecule has 2 aromatic rings. The molecule has 2 aromatic carbocycles. The highest BCUT2D eigenvalue weighted by atomic mass is 14.1. The average molecular weight is 240 g/mol. The molecule has 0 aromatic heterocycles. The molecule has 18 heavy (non-hydrogen) atoms. The zero-order valence-corrected chi connectivity index (χ0v) is 12.5. The molecule has 0 heterocycles. The third-order valence-electron chi connectivity index (χ3n) is 2.91. The van der Waals surface area contributed by atoms with Gasteiger partial charge in [-0.1, -0.05) is 66.9 Å². The second-order valence-corrected chi connectivity index (χ2v) is 4.69. The Morgan fingerprint density at radius 3 is 1.67 bits per heavy atom. The van der Waals surface area contributed by atoms with Gasteiger partial charge >= 0.3 is 0 Å². The van der Waals surface area contributed by atoms with Crippen LogP contribution in [0.25, 0.3) is 11.1 Å². The van der Waals surface area contributed by atoms with Crippen molar-refractivity contribution in [3.8, 4) is 11.1 Å². The van der Waals surface area contributed by atoms with E-state index in [0.29, 0.717) is 0 Å². The van der Waals surface area contributed by atoms with Crippen LogP contribution in [0.3, 0.4) is 0 Å². The third kappa shape index (κ3) is 3.46. The van der Waals surface area contributed by atoms with Crippen molar-refractivity contribution in [2.75, 3.05) is 0 Å². The fraction of sp³-hybridized carbons (Fsp3) is 0.333. The summed E-state index contributed by atoms with van der Waals surface area (Å²) in [6.45, 7) is 12.6. The summed E-state index contributed by atoms with van der Waals surface area (Å²) < 4.78 is 0. The van der Waals surface area contributed by atoms with Gasteiger partial charge in [0.1, 0.15) is 0 Å². The van der Waals surface area contributed by atoms with Crippen LogP contribution in [0.1, 0.15) is 36.1 Å². The van der Waals surface area contributed by atoms with Crippen LogP contribution in [0.15, 0.2) is 36.4 Å². The van der Waals surface area contributed by atoms with E-state index in [0.717, 1.165) is 0 Å². The van der Waals surface area contributed by atoms with Crippen molar-refractivity contribution < 1.29 is 0 Å². The van der Waals surface area contributed by atoms with E-state index in [1.807, 2.05) is 13.8 Å². The molecule has 0 aliphatic heterocycles. The lowest BCUT2D eigenvalue weighted by Gasteiger charge is -2.09. The van der Waals surface area contributed by atoms with Gasteiger partial charge in [0.2, 0.25) is 0 Å². The first-order valence-electron chi connectivity index (χ1n) is 6.72. The Morgan fingerprint density at radius 2 is 1.17 bits per heavy atom. The lowest BCUT2D eigenvalue weighted by Crippen LogP contribution is -1.87. The van der Waals surface area contributed by atoms with E-state index >= 15 is 0 Å². The molecule has 0 saturated carbocycles. The summed E-state index contributed by atoms with van der Waals surface area (Å²) in [5.41, 5.74) is 8.01. The molecule has 0 radical (unpaired) electrons. The van der Waals surface area contributed by atoms with Gasteiger partial charge in [0, 0.05) is 0 Å². The van der Waals surface area contributed by atoms with Crippen LogP contribution in [0.4, 0.5) is 0 Å². The lowest BCUT2D eigenvalue weighted by atomic mass is 9.96. The molecule has 0 bridgehead atoms. The molecule has 0 fully saturated rings.